The van der Waals surface area contributed by atoms with E-state index in [-0.39, 0.29) is 12.5 Å². The predicted octanol–water partition coefficient (Wildman–Crippen LogP) is 3.02. The Morgan fingerprint density at radius 1 is 0.872 bits per heavy atom. The molecule has 0 aliphatic heterocycles. The SMILES string of the molecule is COc1ccc(CCNC(=O)[C@@H](c2ccccc2)N(Cc2ccccc2)C(=O)CN(C)S(C)(=O)=O)cc1OC. The van der Waals surface area contributed by atoms with Crippen molar-refractivity contribution in [1.82, 2.24) is 14.5 Å². The highest BCUT2D eigenvalue weighted by Crippen LogP contribution is 2.28. The van der Waals surface area contributed by atoms with Crippen molar-refractivity contribution in [2.24, 2.45) is 0 Å². The minimum atomic E-state index is -3.60. The van der Waals surface area contributed by atoms with E-state index in [1.165, 1.54) is 11.9 Å². The Morgan fingerprint density at radius 2 is 1.49 bits per heavy atom. The summed E-state index contributed by atoms with van der Waals surface area (Å²) in [5, 5.41) is 2.96. The quantitative estimate of drug-likeness (QED) is 0.349. The second-order valence-corrected chi connectivity index (χ2v) is 11.2. The molecule has 0 aromatic heterocycles. The zero-order chi connectivity index (χ0) is 28.4. The Morgan fingerprint density at radius 3 is 2.08 bits per heavy atom. The van der Waals surface area contributed by atoms with Crippen molar-refractivity contribution in [3.8, 4) is 11.5 Å². The summed E-state index contributed by atoms with van der Waals surface area (Å²) in [5.41, 5.74) is 2.37. The second-order valence-electron chi connectivity index (χ2n) is 9.07. The largest absolute Gasteiger partial charge is 0.493 e. The van der Waals surface area contributed by atoms with Crippen LogP contribution in [0.15, 0.2) is 78.9 Å². The fourth-order valence-corrected chi connectivity index (χ4v) is 4.42. The molecule has 0 saturated carbocycles. The number of hydrogen-bond donors (Lipinski definition) is 1. The molecule has 0 bridgehead atoms. The normalized spacial score (nSPS) is 12.0. The summed E-state index contributed by atoms with van der Waals surface area (Å²) in [7, 11) is 0.868. The van der Waals surface area contributed by atoms with Gasteiger partial charge in [0.05, 0.1) is 27.0 Å². The van der Waals surface area contributed by atoms with E-state index in [2.05, 4.69) is 5.32 Å². The van der Waals surface area contributed by atoms with Crippen LogP contribution in [0.2, 0.25) is 0 Å². The lowest BCUT2D eigenvalue weighted by Gasteiger charge is -2.32. The Bertz CT molecular complexity index is 1350. The van der Waals surface area contributed by atoms with E-state index in [0.717, 1.165) is 21.7 Å². The predicted molar refractivity (Wildman–Crippen MR) is 150 cm³/mol. The minimum absolute atomic E-state index is 0.125. The van der Waals surface area contributed by atoms with E-state index >= 15 is 0 Å². The van der Waals surface area contributed by atoms with Gasteiger partial charge in [-0.2, -0.15) is 4.31 Å². The Balaban J connectivity index is 1.88. The summed E-state index contributed by atoms with van der Waals surface area (Å²) in [6.07, 6.45) is 1.56. The number of rotatable bonds is 13. The van der Waals surface area contributed by atoms with Crippen LogP contribution in [-0.4, -0.2) is 70.0 Å². The average molecular weight is 554 g/mol. The molecule has 3 aromatic rings. The van der Waals surface area contributed by atoms with Crippen LogP contribution in [0.4, 0.5) is 0 Å². The highest BCUT2D eigenvalue weighted by atomic mass is 32.2. The highest BCUT2D eigenvalue weighted by molar-refractivity contribution is 7.88. The van der Waals surface area contributed by atoms with Crippen molar-refractivity contribution >= 4 is 21.8 Å². The zero-order valence-electron chi connectivity index (χ0n) is 22.7. The molecule has 3 rings (SSSR count). The van der Waals surface area contributed by atoms with Gasteiger partial charge < -0.3 is 19.7 Å². The van der Waals surface area contributed by atoms with Crippen molar-refractivity contribution in [1.29, 1.82) is 0 Å². The highest BCUT2D eigenvalue weighted by Gasteiger charge is 2.32. The summed E-state index contributed by atoms with van der Waals surface area (Å²) in [6, 6.07) is 22.9. The molecule has 1 N–H and O–H groups in total. The van der Waals surface area contributed by atoms with Gasteiger partial charge in [-0.15, -0.1) is 0 Å². The van der Waals surface area contributed by atoms with Crippen molar-refractivity contribution in [3.63, 3.8) is 0 Å². The van der Waals surface area contributed by atoms with Crippen LogP contribution >= 0.6 is 0 Å². The smallest absolute Gasteiger partial charge is 0.247 e. The number of ether oxygens (including phenoxy) is 2. The van der Waals surface area contributed by atoms with Crippen LogP contribution in [0.5, 0.6) is 11.5 Å². The molecular formula is C29H35N3O6S. The number of nitrogens with zero attached hydrogens (tertiary/aromatic N) is 2. The van der Waals surface area contributed by atoms with Gasteiger partial charge in [0.15, 0.2) is 11.5 Å². The standard InChI is InChI=1S/C29H35N3O6S/c1-31(39(4,35)36)21-27(33)32(20-23-11-7-5-8-12-23)28(24-13-9-6-10-14-24)29(34)30-18-17-22-15-16-25(37-2)26(19-22)38-3/h5-16,19,28H,17-18,20-21H2,1-4H3,(H,30,34)/t28-/m1/s1. The van der Waals surface area contributed by atoms with Gasteiger partial charge in [-0.1, -0.05) is 66.7 Å². The molecule has 0 aliphatic carbocycles. The number of carbonyl (C=O) groups is 2. The molecule has 0 saturated heterocycles. The molecular weight excluding hydrogens is 518 g/mol. The molecule has 1 atom stereocenters. The first kappa shape index (κ1) is 29.7. The lowest BCUT2D eigenvalue weighted by Crippen LogP contribution is -2.47. The number of amides is 2. The molecule has 0 aliphatic rings. The number of likely N-dealkylation sites (N-methyl/N-ethyl adjacent to an activating group) is 1. The van der Waals surface area contributed by atoms with Crippen molar-refractivity contribution in [2.45, 2.75) is 19.0 Å². The second kappa shape index (κ2) is 13.8. The Kier molecular flexibility index (Phi) is 10.5. The molecule has 0 unspecified atom stereocenters. The van der Waals surface area contributed by atoms with E-state index in [4.69, 9.17) is 9.47 Å². The summed E-state index contributed by atoms with van der Waals surface area (Å²) < 4.78 is 35.7. The van der Waals surface area contributed by atoms with Crippen LogP contribution in [0.1, 0.15) is 22.7 Å². The van der Waals surface area contributed by atoms with Gasteiger partial charge in [-0.25, -0.2) is 8.42 Å². The molecule has 10 heteroatoms. The maximum Gasteiger partial charge on any atom is 0.247 e. The summed E-state index contributed by atoms with van der Waals surface area (Å²) in [6.45, 7) is 0.0438. The maximum atomic E-state index is 13.7. The topological polar surface area (TPSA) is 105 Å². The van der Waals surface area contributed by atoms with Gasteiger partial charge in [0.1, 0.15) is 6.04 Å². The monoisotopic (exact) mass is 553 g/mol. The van der Waals surface area contributed by atoms with Crippen molar-refractivity contribution in [3.05, 3.63) is 95.6 Å². The van der Waals surface area contributed by atoms with E-state index in [9.17, 15) is 18.0 Å². The van der Waals surface area contributed by atoms with E-state index in [1.807, 2.05) is 48.5 Å². The van der Waals surface area contributed by atoms with Crippen LogP contribution in [-0.2, 0) is 32.6 Å². The number of carbonyl (C=O) groups excluding carboxylic acids is 2. The molecule has 0 spiro atoms. The number of nitrogens with one attached hydrogen (secondary N) is 1. The molecule has 39 heavy (non-hydrogen) atoms. The fraction of sp³-hybridized carbons (Fsp3) is 0.310. The van der Waals surface area contributed by atoms with Crippen molar-refractivity contribution < 1.29 is 27.5 Å². The molecule has 2 amide bonds. The fourth-order valence-electron chi connectivity index (χ4n) is 4.07. The molecule has 208 valence electrons. The Hall–Kier alpha value is -3.89. The first-order chi connectivity index (χ1) is 18.6. The third-order valence-electron chi connectivity index (χ3n) is 6.28. The number of sulfonamides is 1. The molecule has 0 heterocycles. The number of methoxy groups -OCH3 is 2. The van der Waals surface area contributed by atoms with Gasteiger partial charge in [0.25, 0.3) is 0 Å². The molecule has 9 nitrogen and oxygen atoms in total. The molecule has 0 radical (unpaired) electrons. The van der Waals surface area contributed by atoms with Crippen LogP contribution < -0.4 is 14.8 Å². The lowest BCUT2D eigenvalue weighted by molar-refractivity contribution is -0.141. The lowest BCUT2D eigenvalue weighted by atomic mass is 10.0. The number of hydrogen-bond acceptors (Lipinski definition) is 6. The maximum absolute atomic E-state index is 13.7. The Labute approximate surface area is 230 Å². The van der Waals surface area contributed by atoms with Gasteiger partial charge in [-0.3, -0.25) is 9.59 Å². The number of benzene rings is 3. The minimum Gasteiger partial charge on any atom is -0.493 e. The van der Waals surface area contributed by atoms with E-state index in [1.54, 1.807) is 44.6 Å². The molecule has 3 aromatic carbocycles. The summed E-state index contributed by atoms with van der Waals surface area (Å²) in [5.74, 6) is 0.352. The first-order valence-electron chi connectivity index (χ1n) is 12.4. The average Bonchev–Trinajstić information content (AvgIpc) is 2.93. The van der Waals surface area contributed by atoms with Gasteiger partial charge in [0, 0.05) is 20.1 Å². The van der Waals surface area contributed by atoms with Gasteiger partial charge >= 0.3 is 0 Å². The summed E-state index contributed by atoms with van der Waals surface area (Å²) in [4.78, 5) is 28.7. The van der Waals surface area contributed by atoms with Gasteiger partial charge in [-0.05, 0) is 35.2 Å². The summed E-state index contributed by atoms with van der Waals surface area (Å²) >= 11 is 0. The third-order valence-corrected chi connectivity index (χ3v) is 7.54. The zero-order valence-corrected chi connectivity index (χ0v) is 23.5. The van der Waals surface area contributed by atoms with E-state index in [0.29, 0.717) is 30.0 Å². The van der Waals surface area contributed by atoms with Crippen molar-refractivity contribution in [2.75, 3.05) is 40.6 Å². The van der Waals surface area contributed by atoms with Crippen LogP contribution in [0, 0.1) is 0 Å². The van der Waals surface area contributed by atoms with Gasteiger partial charge in [0.2, 0.25) is 21.8 Å². The molecule has 0 fully saturated rings. The first-order valence-corrected chi connectivity index (χ1v) is 14.3. The third kappa shape index (κ3) is 8.30. The van der Waals surface area contributed by atoms with Crippen LogP contribution in [0.25, 0.3) is 0 Å². The van der Waals surface area contributed by atoms with E-state index < -0.39 is 28.5 Å². The van der Waals surface area contributed by atoms with Crippen LogP contribution in [0.3, 0.4) is 0 Å².